The van der Waals surface area contributed by atoms with Crippen molar-refractivity contribution in [3.63, 3.8) is 0 Å². The molecule has 17 heavy (non-hydrogen) atoms. The summed E-state index contributed by atoms with van der Waals surface area (Å²) in [5, 5.41) is 15.9. The van der Waals surface area contributed by atoms with Crippen molar-refractivity contribution < 1.29 is 24.6 Å². The van der Waals surface area contributed by atoms with Crippen LogP contribution in [-0.2, 0) is 14.4 Å². The quantitative estimate of drug-likeness (QED) is 0.166. The summed E-state index contributed by atoms with van der Waals surface area (Å²) in [6.45, 7) is 0. The molecule has 0 fully saturated rings. The van der Waals surface area contributed by atoms with Crippen molar-refractivity contribution in [1.29, 1.82) is 0 Å². The van der Waals surface area contributed by atoms with Crippen molar-refractivity contribution in [3.8, 4) is 0 Å². The van der Waals surface area contributed by atoms with E-state index >= 15 is 0 Å². The highest BCUT2D eigenvalue weighted by Gasteiger charge is 2.12. The lowest BCUT2D eigenvalue weighted by Gasteiger charge is -1.88. The third-order valence-electron chi connectivity index (χ3n) is 1.04. The molecule has 0 radical (unpaired) electrons. The number of ketones is 1. The lowest BCUT2D eigenvalue weighted by molar-refractivity contribution is -0.149. The fourth-order valence-corrected chi connectivity index (χ4v) is 0.560. The van der Waals surface area contributed by atoms with Gasteiger partial charge in [-0.05, 0) is 12.2 Å². The molecule has 0 aromatic heterocycles. The van der Waals surface area contributed by atoms with E-state index in [0.717, 1.165) is 0 Å². The number of carboxylic acid groups (broad SMARTS) is 2. The van der Waals surface area contributed by atoms with Gasteiger partial charge in [0, 0.05) is 6.42 Å². The van der Waals surface area contributed by atoms with Gasteiger partial charge in [-0.2, -0.15) is 4.99 Å². The van der Waals surface area contributed by atoms with E-state index in [1.807, 2.05) is 0 Å². The highest BCUT2D eigenvalue weighted by Crippen LogP contribution is 1.89. The maximum atomic E-state index is 10.2. The van der Waals surface area contributed by atoms with Crippen LogP contribution in [0.3, 0.4) is 0 Å². The molecule has 9 nitrogen and oxygen atoms in total. The van der Waals surface area contributed by atoms with E-state index in [2.05, 4.69) is 17.2 Å². The van der Waals surface area contributed by atoms with Crippen LogP contribution in [0.15, 0.2) is 4.99 Å². The largest absolute Gasteiger partial charge is 0.481 e. The summed E-state index contributed by atoms with van der Waals surface area (Å²) in [7, 11) is 0. The second-order valence-electron chi connectivity index (χ2n) is 2.50. The first-order valence-electron chi connectivity index (χ1n) is 4.03. The molecule has 10 heteroatoms. The molecule has 0 saturated carbocycles. The van der Waals surface area contributed by atoms with Crippen molar-refractivity contribution in [2.24, 2.45) is 22.2 Å². The average Bonchev–Trinajstić information content (AvgIpc) is 2.12. The van der Waals surface area contributed by atoms with Gasteiger partial charge in [0.1, 0.15) is 0 Å². The predicted octanol–water partition coefficient (Wildman–Crippen LogP) is -1.99. The molecule has 0 saturated heterocycles. The van der Waals surface area contributed by atoms with Crippen LogP contribution in [0.4, 0.5) is 0 Å². The van der Waals surface area contributed by atoms with E-state index in [0.29, 0.717) is 0 Å². The molecule has 0 atom stereocenters. The number of thiocarbonyl (C=S) groups is 1. The molecule has 0 aliphatic carbocycles. The van der Waals surface area contributed by atoms with Crippen LogP contribution in [0, 0.1) is 0 Å². The van der Waals surface area contributed by atoms with Gasteiger partial charge >= 0.3 is 11.9 Å². The van der Waals surface area contributed by atoms with Crippen molar-refractivity contribution in [3.05, 3.63) is 0 Å². The van der Waals surface area contributed by atoms with Gasteiger partial charge in [0.15, 0.2) is 11.1 Å². The maximum Gasteiger partial charge on any atom is 0.372 e. The topological polar surface area (TPSA) is 182 Å². The van der Waals surface area contributed by atoms with Crippen LogP contribution in [0.5, 0.6) is 0 Å². The molecule has 0 spiro atoms. The Morgan fingerprint density at radius 1 is 1.06 bits per heavy atom. The van der Waals surface area contributed by atoms with Gasteiger partial charge < -0.3 is 27.4 Å². The fourth-order valence-electron chi connectivity index (χ4n) is 0.455. The number of guanidine groups is 1. The number of hydrogen-bond acceptors (Lipinski definition) is 4. The van der Waals surface area contributed by atoms with Crippen LogP contribution in [0.2, 0.25) is 0 Å². The van der Waals surface area contributed by atoms with Crippen LogP contribution in [-0.4, -0.2) is 39.0 Å². The first kappa shape index (κ1) is 17.2. The van der Waals surface area contributed by atoms with Gasteiger partial charge in [0.25, 0.3) is 0 Å². The number of carbonyl (C=O) groups excluding carboxylic acids is 1. The molecule has 0 bridgehead atoms. The van der Waals surface area contributed by atoms with Crippen molar-refractivity contribution >= 4 is 41.0 Å². The highest BCUT2D eigenvalue weighted by atomic mass is 32.1. The first-order valence-corrected chi connectivity index (χ1v) is 4.44. The van der Waals surface area contributed by atoms with E-state index in [1.54, 1.807) is 0 Å². The van der Waals surface area contributed by atoms with E-state index in [1.165, 1.54) is 0 Å². The van der Waals surface area contributed by atoms with Crippen LogP contribution >= 0.6 is 12.2 Å². The monoisotopic (exact) mass is 264 g/mol. The Morgan fingerprint density at radius 3 is 1.71 bits per heavy atom. The molecule has 0 aliphatic rings. The number of Topliss-reactive ketones (excluding diaryl/α,β-unsaturated/α-hetero) is 1. The zero-order valence-corrected chi connectivity index (χ0v) is 9.44. The third-order valence-corrected chi connectivity index (χ3v) is 1.14. The second-order valence-corrected chi connectivity index (χ2v) is 2.92. The summed E-state index contributed by atoms with van der Waals surface area (Å²) in [6, 6.07) is 0. The molecule has 0 aliphatic heterocycles. The number of hydrogen-bond donors (Lipinski definition) is 5. The van der Waals surface area contributed by atoms with Crippen molar-refractivity contribution in [2.75, 3.05) is 0 Å². The molecule has 0 unspecified atom stereocenters. The molecule has 0 rings (SSSR count). The Morgan fingerprint density at radius 2 is 1.53 bits per heavy atom. The SMILES string of the molecule is NC(=S)N=C(N)N.O=C(O)CCC(=O)C(=O)O. The first-order chi connectivity index (χ1) is 7.66. The molecule has 0 aromatic rings. The summed E-state index contributed by atoms with van der Waals surface area (Å²) in [5.41, 5.74) is 14.6. The van der Waals surface area contributed by atoms with E-state index in [4.69, 9.17) is 27.4 Å². The van der Waals surface area contributed by atoms with Gasteiger partial charge in [0.2, 0.25) is 5.78 Å². The fraction of sp³-hybridized carbons (Fsp3) is 0.286. The third kappa shape index (κ3) is 16.4. The van der Waals surface area contributed by atoms with Gasteiger partial charge in [0.05, 0.1) is 6.42 Å². The molecular weight excluding hydrogens is 252 g/mol. The van der Waals surface area contributed by atoms with E-state index in [9.17, 15) is 14.4 Å². The smallest absolute Gasteiger partial charge is 0.372 e. The Balaban J connectivity index is 0. The summed E-state index contributed by atoms with van der Waals surface area (Å²) < 4.78 is 0. The number of carboxylic acids is 2. The van der Waals surface area contributed by atoms with Crippen molar-refractivity contribution in [1.82, 2.24) is 0 Å². The summed E-state index contributed by atoms with van der Waals surface area (Å²) in [5.74, 6) is -3.93. The molecule has 0 amide bonds. The lowest BCUT2D eigenvalue weighted by Crippen LogP contribution is -2.25. The minimum Gasteiger partial charge on any atom is -0.481 e. The summed E-state index contributed by atoms with van der Waals surface area (Å²) in [6.07, 6.45) is -0.865. The molecule has 0 aromatic carbocycles. The van der Waals surface area contributed by atoms with Crippen LogP contribution in [0.25, 0.3) is 0 Å². The summed E-state index contributed by atoms with van der Waals surface area (Å²) in [4.78, 5) is 33.0. The van der Waals surface area contributed by atoms with Gasteiger partial charge in [-0.1, -0.05) is 0 Å². The average molecular weight is 264 g/mol. The number of aliphatic carboxylic acids is 2. The predicted molar refractivity (Wildman–Crippen MR) is 62.1 cm³/mol. The Bertz CT molecular complexity index is 350. The lowest BCUT2D eigenvalue weighted by atomic mass is 10.2. The minimum atomic E-state index is -1.58. The second kappa shape index (κ2) is 9.03. The molecule has 8 N–H and O–H groups in total. The molecule has 0 heterocycles. The van der Waals surface area contributed by atoms with E-state index in [-0.39, 0.29) is 11.1 Å². The van der Waals surface area contributed by atoms with Gasteiger partial charge in [-0.15, -0.1) is 0 Å². The number of nitrogens with zero attached hydrogens (tertiary/aromatic N) is 1. The normalized spacial score (nSPS) is 8.24. The standard InChI is InChI=1S/C5H6O5.C2H6N4S/c6-3(5(9)10)1-2-4(7)8;3-1(4)6-2(5)7/h1-2H2,(H,7,8)(H,9,10);(H6,3,4,5,6,7). The highest BCUT2D eigenvalue weighted by molar-refractivity contribution is 7.80. The minimum absolute atomic E-state index is 0.0417. The Hall–Kier alpha value is -2.23. The van der Waals surface area contributed by atoms with Crippen molar-refractivity contribution in [2.45, 2.75) is 12.8 Å². The van der Waals surface area contributed by atoms with E-state index < -0.39 is 30.6 Å². The number of aliphatic imine (C=N–C) groups is 1. The Kier molecular flexibility index (Phi) is 9.12. The number of rotatable bonds is 4. The Labute approximate surface area is 101 Å². The summed E-state index contributed by atoms with van der Waals surface area (Å²) >= 11 is 4.30. The molecule has 96 valence electrons. The van der Waals surface area contributed by atoms with Crippen LogP contribution in [0.1, 0.15) is 12.8 Å². The zero-order valence-electron chi connectivity index (χ0n) is 8.62. The number of nitrogens with two attached hydrogens (primary N) is 3. The van der Waals surface area contributed by atoms with Gasteiger partial charge in [-0.25, -0.2) is 4.79 Å². The van der Waals surface area contributed by atoms with Crippen LogP contribution < -0.4 is 17.2 Å². The maximum absolute atomic E-state index is 10.2. The number of carbonyl (C=O) groups is 3. The zero-order chi connectivity index (χ0) is 14.0. The van der Waals surface area contributed by atoms with Gasteiger partial charge in [-0.3, -0.25) is 9.59 Å². The molecular formula is C7H12N4O5S.